The van der Waals surface area contributed by atoms with Gasteiger partial charge in [-0.1, -0.05) is 18.0 Å². The summed E-state index contributed by atoms with van der Waals surface area (Å²) in [4.78, 5) is 24.2. The van der Waals surface area contributed by atoms with E-state index in [1.165, 1.54) is 6.07 Å². The molecule has 1 saturated heterocycles. The van der Waals surface area contributed by atoms with Crippen molar-refractivity contribution in [3.8, 4) is 0 Å². The molecule has 0 spiro atoms. The van der Waals surface area contributed by atoms with Gasteiger partial charge in [0.1, 0.15) is 11.4 Å². The first kappa shape index (κ1) is 15.0. The maximum atomic E-state index is 13.4. The highest BCUT2D eigenvalue weighted by Crippen LogP contribution is 2.21. The number of carbonyl (C=O) groups excluding carboxylic acids is 1. The van der Waals surface area contributed by atoms with Gasteiger partial charge in [-0.05, 0) is 18.9 Å². The van der Waals surface area contributed by atoms with Gasteiger partial charge in [0.05, 0.1) is 10.4 Å². The van der Waals surface area contributed by atoms with Gasteiger partial charge in [0.2, 0.25) is 0 Å². The van der Waals surface area contributed by atoms with Crippen LogP contribution in [0.3, 0.4) is 0 Å². The van der Waals surface area contributed by atoms with Crippen molar-refractivity contribution in [2.24, 2.45) is 0 Å². The predicted molar refractivity (Wildman–Crippen MR) is 80.3 cm³/mol. The molecule has 1 aliphatic heterocycles. The van der Waals surface area contributed by atoms with Gasteiger partial charge >= 0.3 is 5.91 Å². The Morgan fingerprint density at radius 3 is 2.68 bits per heavy atom. The monoisotopic (exact) mass is 324 g/mol. The van der Waals surface area contributed by atoms with Crippen molar-refractivity contribution in [1.82, 2.24) is 10.4 Å². The summed E-state index contributed by atoms with van der Waals surface area (Å²) in [5.74, 6) is -1.32. The first-order chi connectivity index (χ1) is 10.5. The lowest BCUT2D eigenvalue weighted by molar-refractivity contribution is 0.0722. The van der Waals surface area contributed by atoms with Gasteiger partial charge in [-0.25, -0.2) is 9.40 Å². The van der Waals surface area contributed by atoms with E-state index in [1.54, 1.807) is 5.01 Å². The molecule has 0 aliphatic carbocycles. The van der Waals surface area contributed by atoms with E-state index in [-0.39, 0.29) is 21.8 Å². The number of amides is 1. The van der Waals surface area contributed by atoms with Gasteiger partial charge in [0.15, 0.2) is 11.2 Å². The lowest BCUT2D eigenvalue weighted by Gasteiger charge is -2.26. The van der Waals surface area contributed by atoms with Crippen LogP contribution in [0.1, 0.15) is 29.8 Å². The van der Waals surface area contributed by atoms with Crippen LogP contribution in [0, 0.1) is 5.82 Å². The molecule has 1 amide bonds. The van der Waals surface area contributed by atoms with E-state index in [0.29, 0.717) is 0 Å². The average molecular weight is 325 g/mol. The van der Waals surface area contributed by atoms with Gasteiger partial charge in [0.25, 0.3) is 0 Å². The van der Waals surface area contributed by atoms with E-state index in [4.69, 9.17) is 16.0 Å². The highest BCUT2D eigenvalue weighted by atomic mass is 35.5. The minimum Gasteiger partial charge on any atom is -0.451 e. The first-order valence-electron chi connectivity index (χ1n) is 7.03. The molecular weight excluding hydrogens is 311 g/mol. The Morgan fingerprint density at radius 2 is 1.95 bits per heavy atom. The summed E-state index contributed by atoms with van der Waals surface area (Å²) in [7, 11) is 0. The summed E-state index contributed by atoms with van der Waals surface area (Å²) in [6.45, 7) is 1.53. The van der Waals surface area contributed by atoms with Crippen LogP contribution in [0.2, 0.25) is 5.02 Å². The van der Waals surface area contributed by atoms with Crippen molar-refractivity contribution in [3.63, 3.8) is 0 Å². The van der Waals surface area contributed by atoms with E-state index in [0.717, 1.165) is 44.5 Å². The normalized spacial score (nSPS) is 15.9. The third kappa shape index (κ3) is 2.98. The minimum absolute atomic E-state index is 0.0522. The number of rotatable bonds is 2. The highest BCUT2D eigenvalue weighted by Gasteiger charge is 2.18. The van der Waals surface area contributed by atoms with E-state index in [1.807, 2.05) is 0 Å². The number of piperidine rings is 1. The predicted octanol–water partition coefficient (Wildman–Crippen LogP) is 2.72. The van der Waals surface area contributed by atoms with E-state index in [9.17, 15) is 14.0 Å². The molecule has 1 aromatic heterocycles. The third-order valence-corrected chi connectivity index (χ3v) is 3.90. The topological polar surface area (TPSA) is 62.6 Å². The standard InChI is InChI=1S/C15H14ClFN2O3/c16-10-7-13-9(6-11(10)17)12(20)8-14(22-13)15(21)18-19-4-2-1-3-5-19/h6-8H,1-5H2,(H,18,21). The minimum atomic E-state index is -0.702. The molecule has 2 heterocycles. The molecule has 2 aromatic rings. The fourth-order valence-corrected chi connectivity index (χ4v) is 2.62. The number of carbonyl (C=O) groups is 1. The van der Waals surface area contributed by atoms with Crippen molar-refractivity contribution < 1.29 is 13.6 Å². The highest BCUT2D eigenvalue weighted by molar-refractivity contribution is 6.31. The molecule has 0 saturated carbocycles. The van der Waals surface area contributed by atoms with Gasteiger partial charge in [-0.3, -0.25) is 15.0 Å². The van der Waals surface area contributed by atoms with E-state index in [2.05, 4.69) is 5.43 Å². The largest absolute Gasteiger partial charge is 0.451 e. The van der Waals surface area contributed by atoms with Crippen molar-refractivity contribution >= 4 is 28.5 Å². The van der Waals surface area contributed by atoms with Crippen LogP contribution < -0.4 is 10.9 Å². The molecule has 22 heavy (non-hydrogen) atoms. The molecule has 116 valence electrons. The zero-order valence-corrected chi connectivity index (χ0v) is 12.5. The van der Waals surface area contributed by atoms with Crippen LogP contribution in [0.5, 0.6) is 0 Å². The second-order valence-electron chi connectivity index (χ2n) is 5.23. The van der Waals surface area contributed by atoms with Crippen LogP contribution in [0.15, 0.2) is 27.4 Å². The molecule has 0 radical (unpaired) electrons. The third-order valence-electron chi connectivity index (χ3n) is 3.61. The Balaban J connectivity index is 1.92. The SMILES string of the molecule is O=C(NN1CCCCC1)c1cc(=O)c2cc(F)c(Cl)cc2o1. The molecule has 3 rings (SSSR count). The van der Waals surface area contributed by atoms with Gasteiger partial charge in [-0.2, -0.15) is 0 Å². The molecular formula is C15H14ClFN2O3. The summed E-state index contributed by atoms with van der Waals surface area (Å²) in [6, 6.07) is 3.27. The van der Waals surface area contributed by atoms with Gasteiger partial charge < -0.3 is 4.42 Å². The van der Waals surface area contributed by atoms with Crippen molar-refractivity contribution in [2.45, 2.75) is 19.3 Å². The molecule has 1 N–H and O–H groups in total. The molecule has 0 bridgehead atoms. The number of fused-ring (bicyclic) bond motifs is 1. The number of hydrazine groups is 1. The summed E-state index contributed by atoms with van der Waals surface area (Å²) in [5.41, 5.74) is 2.31. The lowest BCUT2D eigenvalue weighted by Crippen LogP contribution is -2.45. The molecule has 1 fully saturated rings. The number of nitrogens with one attached hydrogen (secondary N) is 1. The van der Waals surface area contributed by atoms with Crippen LogP contribution >= 0.6 is 11.6 Å². The Morgan fingerprint density at radius 1 is 1.23 bits per heavy atom. The smallest absolute Gasteiger partial charge is 0.301 e. The second-order valence-corrected chi connectivity index (χ2v) is 5.63. The van der Waals surface area contributed by atoms with Crippen LogP contribution in [-0.2, 0) is 0 Å². The quantitative estimate of drug-likeness (QED) is 0.922. The summed E-state index contributed by atoms with van der Waals surface area (Å²) in [5, 5.41) is 1.69. The maximum Gasteiger partial charge on any atom is 0.301 e. The van der Waals surface area contributed by atoms with Crippen molar-refractivity contribution in [1.29, 1.82) is 0 Å². The van der Waals surface area contributed by atoms with Crippen LogP contribution in [0.25, 0.3) is 11.0 Å². The summed E-state index contributed by atoms with van der Waals surface area (Å²) >= 11 is 5.68. The number of nitrogens with zero attached hydrogens (tertiary/aromatic N) is 1. The second kappa shape index (κ2) is 6.06. The lowest BCUT2D eigenvalue weighted by atomic mass is 10.2. The maximum absolute atomic E-state index is 13.4. The van der Waals surface area contributed by atoms with Crippen LogP contribution in [0.4, 0.5) is 4.39 Å². The van der Waals surface area contributed by atoms with Crippen LogP contribution in [-0.4, -0.2) is 24.0 Å². The van der Waals surface area contributed by atoms with Gasteiger partial charge in [-0.15, -0.1) is 0 Å². The Bertz CT molecular complexity index is 784. The molecule has 5 nitrogen and oxygen atoms in total. The van der Waals surface area contributed by atoms with Gasteiger partial charge in [0, 0.05) is 25.2 Å². The number of hydrogen-bond donors (Lipinski definition) is 1. The average Bonchev–Trinajstić information content (AvgIpc) is 2.50. The Labute approximate surface area is 130 Å². The Kier molecular flexibility index (Phi) is 4.13. The zero-order chi connectivity index (χ0) is 15.7. The van der Waals surface area contributed by atoms with Crippen molar-refractivity contribution in [2.75, 3.05) is 13.1 Å². The molecule has 1 aliphatic rings. The van der Waals surface area contributed by atoms with Crippen molar-refractivity contribution in [3.05, 3.63) is 45.0 Å². The first-order valence-corrected chi connectivity index (χ1v) is 7.41. The zero-order valence-electron chi connectivity index (χ0n) is 11.7. The van der Waals surface area contributed by atoms with E-state index >= 15 is 0 Å². The molecule has 0 atom stereocenters. The number of benzene rings is 1. The number of halogens is 2. The molecule has 1 aromatic carbocycles. The number of hydrogen-bond acceptors (Lipinski definition) is 4. The summed E-state index contributed by atoms with van der Waals surface area (Å²) in [6.07, 6.45) is 3.16. The summed E-state index contributed by atoms with van der Waals surface area (Å²) < 4.78 is 18.8. The Hall–Kier alpha value is -1.92. The molecule has 0 unspecified atom stereocenters. The fraction of sp³-hybridized carbons (Fsp3) is 0.333. The fourth-order valence-electron chi connectivity index (χ4n) is 2.47. The van der Waals surface area contributed by atoms with E-state index < -0.39 is 17.2 Å². The molecule has 7 heteroatoms.